The molecule has 0 bridgehead atoms. The van der Waals surface area contributed by atoms with E-state index in [1.165, 1.54) is 12.8 Å². The van der Waals surface area contributed by atoms with Gasteiger partial charge in [0, 0.05) is 30.0 Å². The van der Waals surface area contributed by atoms with E-state index < -0.39 is 0 Å². The molecule has 0 aromatic carbocycles. The SMILES string of the molecule is CC(C)c1nsc(N(CC2CCNCC2)C(C)C)n1. The highest BCUT2D eigenvalue weighted by Crippen LogP contribution is 2.25. The van der Waals surface area contributed by atoms with Crippen LogP contribution < -0.4 is 10.2 Å². The second-order valence-electron chi connectivity index (χ2n) is 6.03. The molecule has 0 spiro atoms. The number of aromatic nitrogens is 2. The van der Waals surface area contributed by atoms with Crippen molar-refractivity contribution >= 4 is 16.7 Å². The molecule has 5 heteroatoms. The third kappa shape index (κ3) is 3.89. The first-order valence-corrected chi connectivity index (χ1v) is 8.16. The summed E-state index contributed by atoms with van der Waals surface area (Å²) in [7, 11) is 0. The van der Waals surface area contributed by atoms with Gasteiger partial charge in [-0.25, -0.2) is 4.98 Å². The van der Waals surface area contributed by atoms with Crippen LogP contribution in [0.5, 0.6) is 0 Å². The lowest BCUT2D eigenvalue weighted by atomic mass is 9.97. The second-order valence-corrected chi connectivity index (χ2v) is 6.76. The molecule has 0 saturated carbocycles. The van der Waals surface area contributed by atoms with Crippen LogP contribution in [-0.2, 0) is 0 Å². The highest BCUT2D eigenvalue weighted by Gasteiger charge is 2.22. The maximum atomic E-state index is 4.71. The summed E-state index contributed by atoms with van der Waals surface area (Å²) in [5, 5.41) is 4.53. The fourth-order valence-corrected chi connectivity index (χ4v) is 3.38. The molecule has 1 aromatic heterocycles. The van der Waals surface area contributed by atoms with Crippen LogP contribution in [0.25, 0.3) is 0 Å². The molecule has 0 unspecified atom stereocenters. The minimum Gasteiger partial charge on any atom is -0.344 e. The smallest absolute Gasteiger partial charge is 0.205 e. The van der Waals surface area contributed by atoms with E-state index in [1.807, 2.05) is 0 Å². The Morgan fingerprint density at radius 3 is 2.47 bits per heavy atom. The van der Waals surface area contributed by atoms with Crippen LogP contribution in [0.15, 0.2) is 0 Å². The van der Waals surface area contributed by atoms with E-state index in [0.717, 1.165) is 36.5 Å². The molecule has 1 aliphatic rings. The molecule has 0 aliphatic carbocycles. The third-order valence-corrected chi connectivity index (χ3v) is 4.50. The Hall–Kier alpha value is -0.680. The van der Waals surface area contributed by atoms with Gasteiger partial charge in [0.05, 0.1) is 0 Å². The van der Waals surface area contributed by atoms with Gasteiger partial charge in [0.25, 0.3) is 0 Å². The van der Waals surface area contributed by atoms with Crippen molar-refractivity contribution in [3.63, 3.8) is 0 Å². The van der Waals surface area contributed by atoms with Crippen LogP contribution in [0.4, 0.5) is 5.13 Å². The summed E-state index contributed by atoms with van der Waals surface area (Å²) in [6.07, 6.45) is 2.55. The molecule has 1 aliphatic heterocycles. The molecule has 0 amide bonds. The predicted molar refractivity (Wildman–Crippen MR) is 82.1 cm³/mol. The molecular weight excluding hydrogens is 256 g/mol. The van der Waals surface area contributed by atoms with Crippen molar-refractivity contribution in [2.24, 2.45) is 5.92 Å². The summed E-state index contributed by atoms with van der Waals surface area (Å²) >= 11 is 1.55. The van der Waals surface area contributed by atoms with Crippen molar-refractivity contribution in [3.05, 3.63) is 5.82 Å². The van der Waals surface area contributed by atoms with Gasteiger partial charge in [-0.15, -0.1) is 0 Å². The Morgan fingerprint density at radius 1 is 1.26 bits per heavy atom. The van der Waals surface area contributed by atoms with Crippen molar-refractivity contribution < 1.29 is 0 Å². The molecule has 108 valence electrons. The number of nitrogens with one attached hydrogen (secondary N) is 1. The normalized spacial score (nSPS) is 17.4. The summed E-state index contributed by atoms with van der Waals surface area (Å²) < 4.78 is 4.49. The topological polar surface area (TPSA) is 41.1 Å². The zero-order valence-electron chi connectivity index (χ0n) is 12.5. The van der Waals surface area contributed by atoms with Gasteiger partial charge in [0.15, 0.2) is 0 Å². The minimum atomic E-state index is 0.415. The fraction of sp³-hybridized carbons (Fsp3) is 0.857. The van der Waals surface area contributed by atoms with E-state index in [-0.39, 0.29) is 0 Å². The minimum absolute atomic E-state index is 0.415. The Labute approximate surface area is 120 Å². The average molecular weight is 282 g/mol. The average Bonchev–Trinajstić information content (AvgIpc) is 2.86. The Morgan fingerprint density at radius 2 is 1.95 bits per heavy atom. The van der Waals surface area contributed by atoms with Crippen LogP contribution in [0, 0.1) is 5.92 Å². The van der Waals surface area contributed by atoms with Crippen LogP contribution >= 0.6 is 11.5 Å². The zero-order valence-corrected chi connectivity index (χ0v) is 13.3. The van der Waals surface area contributed by atoms with E-state index in [1.54, 1.807) is 11.5 Å². The zero-order chi connectivity index (χ0) is 13.8. The maximum absolute atomic E-state index is 4.71. The monoisotopic (exact) mass is 282 g/mol. The van der Waals surface area contributed by atoms with Crippen molar-refractivity contribution in [2.45, 2.75) is 52.5 Å². The van der Waals surface area contributed by atoms with Crippen LogP contribution in [-0.4, -0.2) is 35.0 Å². The van der Waals surface area contributed by atoms with Gasteiger partial charge in [-0.2, -0.15) is 4.37 Å². The fourth-order valence-electron chi connectivity index (χ4n) is 2.43. The standard InChI is InChI=1S/C14H26N4S/c1-10(2)13-16-14(19-17-13)18(11(3)4)9-12-5-7-15-8-6-12/h10-12,15H,5-9H2,1-4H3. The molecular formula is C14H26N4S. The maximum Gasteiger partial charge on any atom is 0.205 e. The van der Waals surface area contributed by atoms with Gasteiger partial charge in [-0.05, 0) is 45.7 Å². The highest BCUT2D eigenvalue weighted by atomic mass is 32.1. The number of anilines is 1. The molecule has 2 rings (SSSR count). The van der Waals surface area contributed by atoms with Crippen molar-refractivity contribution in [2.75, 3.05) is 24.5 Å². The highest BCUT2D eigenvalue weighted by molar-refractivity contribution is 7.09. The van der Waals surface area contributed by atoms with E-state index >= 15 is 0 Å². The molecule has 1 aromatic rings. The number of nitrogens with zero attached hydrogens (tertiary/aromatic N) is 3. The molecule has 0 radical (unpaired) electrons. The van der Waals surface area contributed by atoms with Gasteiger partial charge in [0.2, 0.25) is 5.13 Å². The first-order chi connectivity index (χ1) is 9.08. The third-order valence-electron chi connectivity index (χ3n) is 3.73. The molecule has 2 heterocycles. The van der Waals surface area contributed by atoms with Crippen LogP contribution in [0.3, 0.4) is 0 Å². The lowest BCUT2D eigenvalue weighted by Gasteiger charge is -2.32. The number of piperidine rings is 1. The predicted octanol–water partition coefficient (Wildman–Crippen LogP) is 2.88. The van der Waals surface area contributed by atoms with E-state index in [4.69, 9.17) is 4.98 Å². The Balaban J connectivity index is 2.05. The quantitative estimate of drug-likeness (QED) is 0.901. The van der Waals surface area contributed by atoms with Gasteiger partial charge >= 0.3 is 0 Å². The van der Waals surface area contributed by atoms with Crippen molar-refractivity contribution in [3.8, 4) is 0 Å². The number of hydrogen-bond donors (Lipinski definition) is 1. The molecule has 0 atom stereocenters. The van der Waals surface area contributed by atoms with Crippen molar-refractivity contribution in [1.29, 1.82) is 0 Å². The summed E-state index contributed by atoms with van der Waals surface area (Å²) in [6, 6.07) is 0.489. The van der Waals surface area contributed by atoms with E-state index in [2.05, 4.69) is 42.3 Å². The summed E-state index contributed by atoms with van der Waals surface area (Å²) in [6.45, 7) is 12.2. The lowest BCUT2D eigenvalue weighted by molar-refractivity contribution is 0.367. The van der Waals surface area contributed by atoms with Crippen molar-refractivity contribution in [1.82, 2.24) is 14.7 Å². The molecule has 19 heavy (non-hydrogen) atoms. The van der Waals surface area contributed by atoms with Crippen LogP contribution in [0.1, 0.15) is 52.3 Å². The van der Waals surface area contributed by atoms with Gasteiger partial charge in [-0.1, -0.05) is 13.8 Å². The Kier molecular flexibility index (Phi) is 5.16. The van der Waals surface area contributed by atoms with Crippen LogP contribution in [0.2, 0.25) is 0 Å². The van der Waals surface area contributed by atoms with Gasteiger partial charge in [-0.3, -0.25) is 0 Å². The first kappa shape index (κ1) is 14.7. The van der Waals surface area contributed by atoms with Gasteiger partial charge in [0.1, 0.15) is 5.82 Å². The number of hydrogen-bond acceptors (Lipinski definition) is 5. The Bertz CT molecular complexity index is 383. The van der Waals surface area contributed by atoms with E-state index in [9.17, 15) is 0 Å². The van der Waals surface area contributed by atoms with Gasteiger partial charge < -0.3 is 10.2 Å². The largest absolute Gasteiger partial charge is 0.344 e. The first-order valence-electron chi connectivity index (χ1n) is 7.39. The molecule has 1 fully saturated rings. The lowest BCUT2D eigenvalue weighted by Crippen LogP contribution is -2.39. The summed E-state index contributed by atoms with van der Waals surface area (Å²) in [5.41, 5.74) is 0. The summed E-state index contributed by atoms with van der Waals surface area (Å²) in [5.74, 6) is 2.18. The molecule has 1 N–H and O–H groups in total. The second kappa shape index (κ2) is 6.66. The molecule has 1 saturated heterocycles. The van der Waals surface area contributed by atoms with E-state index in [0.29, 0.717) is 12.0 Å². The summed E-state index contributed by atoms with van der Waals surface area (Å²) in [4.78, 5) is 7.14. The molecule has 4 nitrogen and oxygen atoms in total. The number of rotatable bonds is 5.